The molecule has 0 saturated heterocycles. The van der Waals surface area contributed by atoms with Crippen LogP contribution in [0, 0.1) is 5.92 Å². The molecule has 0 bridgehead atoms. The molecule has 9 heteroatoms. The summed E-state index contributed by atoms with van der Waals surface area (Å²) in [7, 11) is -3.44. The fraction of sp³-hybridized carbons (Fsp3) is 0.526. The summed E-state index contributed by atoms with van der Waals surface area (Å²) in [4.78, 5) is 16.9. The number of sulfonamides is 1. The fourth-order valence-electron chi connectivity index (χ4n) is 3.46. The Morgan fingerprint density at radius 3 is 2.68 bits per heavy atom. The molecule has 0 unspecified atom stereocenters. The summed E-state index contributed by atoms with van der Waals surface area (Å²) in [5, 5.41) is 7.49. The van der Waals surface area contributed by atoms with E-state index in [2.05, 4.69) is 15.4 Å². The third-order valence-corrected chi connectivity index (χ3v) is 6.44. The Hall–Kier alpha value is -2.42. The lowest BCUT2D eigenvalue weighted by atomic mass is 9.98. The number of anilines is 1. The van der Waals surface area contributed by atoms with E-state index < -0.39 is 10.0 Å². The zero-order chi connectivity index (χ0) is 20.1. The first kappa shape index (κ1) is 18.9. The number of rotatable bonds is 6. The summed E-state index contributed by atoms with van der Waals surface area (Å²) in [6.07, 6.45) is 5.19. The maximum atomic E-state index is 12.5. The molecule has 1 aromatic carbocycles. The quantitative estimate of drug-likeness (QED) is 0.795. The van der Waals surface area contributed by atoms with Crippen LogP contribution in [0.5, 0.6) is 0 Å². The number of amides is 1. The number of carbonyl (C=O) groups excluding carboxylic acids is 1. The van der Waals surface area contributed by atoms with Crippen molar-refractivity contribution in [3.63, 3.8) is 0 Å². The lowest BCUT2D eigenvalue weighted by Gasteiger charge is -2.16. The number of benzene rings is 1. The van der Waals surface area contributed by atoms with Crippen LogP contribution in [0.4, 0.5) is 5.69 Å². The van der Waals surface area contributed by atoms with E-state index >= 15 is 0 Å². The van der Waals surface area contributed by atoms with E-state index in [1.165, 1.54) is 23.4 Å². The minimum atomic E-state index is -3.44. The Morgan fingerprint density at radius 1 is 1.32 bits per heavy atom. The van der Waals surface area contributed by atoms with Gasteiger partial charge < -0.3 is 5.32 Å². The van der Waals surface area contributed by atoms with Crippen LogP contribution < -0.4 is 9.62 Å². The van der Waals surface area contributed by atoms with Crippen molar-refractivity contribution in [3.05, 3.63) is 41.5 Å². The molecular formula is C19H25N5O3S. The average molecular weight is 404 g/mol. The van der Waals surface area contributed by atoms with Crippen molar-refractivity contribution in [3.8, 4) is 0 Å². The SMILES string of the molecule is CC(C)n1cnc([C@H]2CN(S(C)(=O)=O)c3ccc(C(=O)NCC4CC4)cc32)n1. The maximum Gasteiger partial charge on any atom is 0.251 e. The van der Waals surface area contributed by atoms with Gasteiger partial charge in [-0.25, -0.2) is 13.4 Å². The Labute approximate surface area is 165 Å². The van der Waals surface area contributed by atoms with E-state index in [1.54, 1.807) is 29.2 Å². The van der Waals surface area contributed by atoms with E-state index in [-0.39, 0.29) is 24.4 Å². The largest absolute Gasteiger partial charge is 0.352 e. The average Bonchev–Trinajstić information content (AvgIpc) is 3.17. The molecule has 2 aromatic rings. The van der Waals surface area contributed by atoms with Gasteiger partial charge in [0, 0.05) is 24.7 Å². The summed E-state index contributed by atoms with van der Waals surface area (Å²) in [5.74, 6) is 0.723. The Morgan fingerprint density at radius 2 is 2.07 bits per heavy atom. The van der Waals surface area contributed by atoms with Gasteiger partial charge >= 0.3 is 0 Å². The highest BCUT2D eigenvalue weighted by Gasteiger charge is 2.37. The van der Waals surface area contributed by atoms with Gasteiger partial charge in [0.1, 0.15) is 6.33 Å². The molecule has 1 amide bonds. The van der Waals surface area contributed by atoms with Crippen LogP contribution in [0.1, 0.15) is 60.4 Å². The lowest BCUT2D eigenvalue weighted by Crippen LogP contribution is -2.29. The summed E-state index contributed by atoms with van der Waals surface area (Å²) in [6, 6.07) is 5.33. The predicted molar refractivity (Wildman–Crippen MR) is 106 cm³/mol. The van der Waals surface area contributed by atoms with Crippen molar-refractivity contribution in [2.24, 2.45) is 5.92 Å². The van der Waals surface area contributed by atoms with E-state index in [4.69, 9.17) is 0 Å². The smallest absolute Gasteiger partial charge is 0.251 e. The standard InChI is InChI=1S/C19H25N5O3S/c1-12(2)23-11-21-18(22-23)16-10-24(28(3,26)27)17-7-6-14(8-15(16)17)19(25)20-9-13-4-5-13/h6-8,11-13,16H,4-5,9-10H2,1-3H3,(H,20,25)/t16-/m0/s1. The molecule has 0 radical (unpaired) electrons. The first-order chi connectivity index (χ1) is 13.2. The molecule has 150 valence electrons. The van der Waals surface area contributed by atoms with Gasteiger partial charge in [0.25, 0.3) is 5.91 Å². The lowest BCUT2D eigenvalue weighted by molar-refractivity contribution is 0.0951. The molecular weight excluding hydrogens is 378 g/mol. The second kappa shape index (κ2) is 6.88. The zero-order valence-electron chi connectivity index (χ0n) is 16.3. The van der Waals surface area contributed by atoms with Gasteiger partial charge in [-0.2, -0.15) is 5.10 Å². The van der Waals surface area contributed by atoms with Crippen molar-refractivity contribution >= 4 is 21.6 Å². The molecule has 1 saturated carbocycles. The molecule has 1 fully saturated rings. The highest BCUT2D eigenvalue weighted by atomic mass is 32.2. The van der Waals surface area contributed by atoms with E-state index in [9.17, 15) is 13.2 Å². The van der Waals surface area contributed by atoms with E-state index in [0.717, 1.165) is 5.56 Å². The molecule has 4 rings (SSSR count). The minimum Gasteiger partial charge on any atom is -0.352 e. The van der Waals surface area contributed by atoms with Crippen LogP contribution in [-0.4, -0.2) is 48.4 Å². The second-order valence-electron chi connectivity index (χ2n) is 7.95. The first-order valence-electron chi connectivity index (χ1n) is 9.55. The fourth-order valence-corrected chi connectivity index (χ4v) is 4.40. The molecule has 1 aliphatic heterocycles. The normalized spacial score (nSPS) is 19.1. The molecule has 0 spiro atoms. The van der Waals surface area contributed by atoms with E-state index in [1.807, 2.05) is 13.8 Å². The topological polar surface area (TPSA) is 97.2 Å². The van der Waals surface area contributed by atoms with Crippen LogP contribution in [0.15, 0.2) is 24.5 Å². The highest BCUT2D eigenvalue weighted by molar-refractivity contribution is 7.92. The zero-order valence-corrected chi connectivity index (χ0v) is 17.1. The Balaban J connectivity index is 1.69. The Kier molecular flexibility index (Phi) is 4.65. The van der Waals surface area contributed by atoms with Crippen molar-refractivity contribution in [2.75, 3.05) is 23.7 Å². The first-order valence-corrected chi connectivity index (χ1v) is 11.4. The minimum absolute atomic E-state index is 0.132. The van der Waals surface area contributed by atoms with Gasteiger partial charge in [-0.1, -0.05) is 0 Å². The van der Waals surface area contributed by atoms with Crippen molar-refractivity contribution in [1.29, 1.82) is 0 Å². The summed E-state index contributed by atoms with van der Waals surface area (Å²) >= 11 is 0. The van der Waals surface area contributed by atoms with Gasteiger partial charge in [0.15, 0.2) is 5.82 Å². The second-order valence-corrected chi connectivity index (χ2v) is 9.86. The number of hydrogen-bond donors (Lipinski definition) is 1. The third-order valence-electron chi connectivity index (χ3n) is 5.30. The van der Waals surface area contributed by atoms with Crippen LogP contribution in [0.25, 0.3) is 0 Å². The molecule has 1 N–H and O–H groups in total. The monoisotopic (exact) mass is 403 g/mol. The van der Waals surface area contributed by atoms with Crippen molar-refractivity contribution in [2.45, 2.75) is 38.6 Å². The van der Waals surface area contributed by atoms with Gasteiger partial charge in [-0.15, -0.1) is 0 Å². The molecule has 28 heavy (non-hydrogen) atoms. The molecule has 1 aromatic heterocycles. The molecule has 2 heterocycles. The molecule has 2 aliphatic rings. The van der Waals surface area contributed by atoms with Crippen LogP contribution in [0.2, 0.25) is 0 Å². The molecule has 1 aliphatic carbocycles. The van der Waals surface area contributed by atoms with Crippen LogP contribution in [-0.2, 0) is 10.0 Å². The summed E-state index contributed by atoms with van der Waals surface area (Å²) < 4.78 is 27.7. The molecule has 1 atom stereocenters. The third kappa shape index (κ3) is 3.63. The van der Waals surface area contributed by atoms with Gasteiger partial charge in [-0.3, -0.25) is 13.8 Å². The number of fused-ring (bicyclic) bond motifs is 1. The van der Waals surface area contributed by atoms with Gasteiger partial charge in [-0.05, 0) is 56.4 Å². The van der Waals surface area contributed by atoms with E-state index in [0.29, 0.717) is 29.5 Å². The number of hydrogen-bond acceptors (Lipinski definition) is 5. The van der Waals surface area contributed by atoms with Crippen LogP contribution >= 0.6 is 0 Å². The summed E-state index contributed by atoms with van der Waals surface area (Å²) in [5.41, 5.74) is 1.89. The van der Waals surface area contributed by atoms with Crippen molar-refractivity contribution in [1.82, 2.24) is 20.1 Å². The highest BCUT2D eigenvalue weighted by Crippen LogP contribution is 2.41. The number of nitrogens with zero attached hydrogens (tertiary/aromatic N) is 4. The number of carbonyl (C=O) groups is 1. The van der Waals surface area contributed by atoms with Gasteiger partial charge in [0.05, 0.1) is 17.9 Å². The maximum absolute atomic E-state index is 12.5. The predicted octanol–water partition coefficient (Wildman–Crippen LogP) is 1.91. The van der Waals surface area contributed by atoms with Crippen molar-refractivity contribution < 1.29 is 13.2 Å². The number of nitrogens with one attached hydrogen (secondary N) is 1. The van der Waals surface area contributed by atoms with Crippen LogP contribution in [0.3, 0.4) is 0 Å². The molecule has 8 nitrogen and oxygen atoms in total. The van der Waals surface area contributed by atoms with Gasteiger partial charge in [0.2, 0.25) is 10.0 Å². The number of aromatic nitrogens is 3. The summed E-state index contributed by atoms with van der Waals surface area (Å²) in [6.45, 7) is 4.94. The Bertz CT molecular complexity index is 1010.